The van der Waals surface area contributed by atoms with Gasteiger partial charge >= 0.3 is 0 Å². The van der Waals surface area contributed by atoms with E-state index in [1.807, 2.05) is 24.3 Å². The molecule has 3 heterocycles. The summed E-state index contributed by atoms with van der Waals surface area (Å²) in [6, 6.07) is 7.45. The minimum Gasteiger partial charge on any atom is -0.324 e. The van der Waals surface area contributed by atoms with Crippen molar-refractivity contribution < 1.29 is 9.00 Å². The molecule has 4 nitrogen and oxygen atoms in total. The average Bonchev–Trinajstić information content (AvgIpc) is 2.58. The zero-order valence-corrected chi connectivity index (χ0v) is 9.74. The molecule has 86 valence electrons. The number of para-hydroxylation sites is 1. The summed E-state index contributed by atoms with van der Waals surface area (Å²) in [4.78, 5) is 16.1. The van der Waals surface area contributed by atoms with E-state index in [2.05, 4.69) is 10.3 Å². The Morgan fingerprint density at radius 2 is 2.18 bits per heavy atom. The summed E-state index contributed by atoms with van der Waals surface area (Å²) in [5, 5.41) is 4.44. The summed E-state index contributed by atoms with van der Waals surface area (Å²) in [7, 11) is -3.16. The van der Waals surface area contributed by atoms with Crippen LogP contribution in [0.15, 0.2) is 40.9 Å². The number of amides is 1. The normalized spacial score (nSPS) is 35.5. The lowest BCUT2D eigenvalue weighted by atomic mass is 10.0. The van der Waals surface area contributed by atoms with Crippen LogP contribution in [0.25, 0.3) is 0 Å². The van der Waals surface area contributed by atoms with Crippen LogP contribution in [-0.2, 0) is 18.6 Å². The summed E-state index contributed by atoms with van der Waals surface area (Å²) in [5.41, 5.74) is 3.11. The standard InChI is InChI=1S/C12H10N2O2S/c15-11-12(7-17(12,16)6-5-13-8-17)9-3-1-2-4-10(9)14-11/h1-6,8H,7H2,(H,14,15). The quantitative estimate of drug-likeness (QED) is 0.699. The third-order valence-electron chi connectivity index (χ3n) is 3.92. The van der Waals surface area contributed by atoms with Gasteiger partial charge in [-0.25, -0.2) is 0 Å². The number of nitrogens with zero attached hydrogens (tertiary/aromatic N) is 1. The van der Waals surface area contributed by atoms with E-state index in [-0.39, 0.29) is 5.91 Å². The minimum absolute atomic E-state index is 0.159. The van der Waals surface area contributed by atoms with Crippen molar-refractivity contribution in [2.75, 3.05) is 11.1 Å². The second-order valence-corrected chi connectivity index (χ2v) is 8.71. The lowest BCUT2D eigenvalue weighted by Gasteiger charge is -2.17. The first-order chi connectivity index (χ1) is 8.09. The van der Waals surface area contributed by atoms with Gasteiger partial charge < -0.3 is 5.32 Å². The van der Waals surface area contributed by atoms with E-state index < -0.39 is 13.8 Å². The lowest BCUT2D eigenvalue weighted by molar-refractivity contribution is -0.116. The minimum atomic E-state index is -3.16. The van der Waals surface area contributed by atoms with Crippen molar-refractivity contribution in [2.24, 2.45) is 4.99 Å². The van der Waals surface area contributed by atoms with Gasteiger partial charge in [0.25, 0.3) is 0 Å². The van der Waals surface area contributed by atoms with Gasteiger partial charge in [0.15, 0.2) is 4.75 Å². The number of hydrogen-bond acceptors (Lipinski definition) is 3. The highest BCUT2D eigenvalue weighted by atomic mass is 32.3. The third-order valence-corrected chi connectivity index (χ3v) is 8.03. The van der Waals surface area contributed by atoms with Crippen LogP contribution >= 0.6 is 0 Å². The van der Waals surface area contributed by atoms with Crippen LogP contribution in [0.2, 0.25) is 0 Å². The van der Waals surface area contributed by atoms with Crippen molar-refractivity contribution in [1.29, 1.82) is 0 Å². The van der Waals surface area contributed by atoms with Crippen molar-refractivity contribution in [1.82, 2.24) is 0 Å². The molecule has 1 amide bonds. The molecular formula is C12H10N2O2S. The van der Waals surface area contributed by atoms with Crippen LogP contribution in [0, 0.1) is 0 Å². The van der Waals surface area contributed by atoms with E-state index >= 15 is 0 Å². The van der Waals surface area contributed by atoms with E-state index in [1.54, 1.807) is 5.41 Å². The SMILES string of the molecule is O=C1Nc2ccccc2C12CS21(=O)C=CN=C1. The molecule has 1 unspecified atom stereocenters. The fourth-order valence-electron chi connectivity index (χ4n) is 2.95. The van der Waals surface area contributed by atoms with Gasteiger partial charge in [-0.2, -0.15) is 0 Å². The number of benzene rings is 1. The van der Waals surface area contributed by atoms with Gasteiger partial charge in [-0.1, -0.05) is 18.2 Å². The summed E-state index contributed by atoms with van der Waals surface area (Å²) in [6.45, 7) is 0. The van der Waals surface area contributed by atoms with Crippen molar-refractivity contribution >= 4 is 26.2 Å². The molecule has 1 atom stereocenters. The largest absolute Gasteiger partial charge is 0.324 e. The van der Waals surface area contributed by atoms with Gasteiger partial charge in [0.05, 0.1) is 5.55 Å². The number of aliphatic imine (C=N–C) groups is 1. The predicted octanol–water partition coefficient (Wildman–Crippen LogP) is 1.18. The molecule has 1 aromatic carbocycles. The highest BCUT2D eigenvalue weighted by molar-refractivity contribution is 8.40. The number of hydrogen-bond donors (Lipinski definition) is 1. The molecule has 1 saturated heterocycles. The molecule has 17 heavy (non-hydrogen) atoms. The van der Waals surface area contributed by atoms with Crippen LogP contribution in [0.4, 0.5) is 5.69 Å². The third kappa shape index (κ3) is 0.754. The molecule has 5 heteroatoms. The van der Waals surface area contributed by atoms with E-state index in [9.17, 15) is 9.00 Å². The molecule has 1 aromatic rings. The maximum atomic E-state index is 13.1. The molecule has 0 radical (unpaired) electrons. The predicted molar refractivity (Wildman–Crippen MR) is 67.4 cm³/mol. The number of nitrogens with one attached hydrogen (secondary N) is 1. The molecule has 0 bridgehead atoms. The van der Waals surface area contributed by atoms with Crippen molar-refractivity contribution in [3.05, 3.63) is 41.4 Å². The topological polar surface area (TPSA) is 58.5 Å². The Kier molecular flexibility index (Phi) is 1.24. The Hall–Kier alpha value is -1.75. The van der Waals surface area contributed by atoms with Crippen LogP contribution in [-0.4, -0.2) is 21.4 Å². The first-order valence-corrected chi connectivity index (χ1v) is 7.63. The highest BCUT2D eigenvalue weighted by Gasteiger charge is 2.79. The van der Waals surface area contributed by atoms with E-state index in [4.69, 9.17) is 0 Å². The summed E-state index contributed by atoms with van der Waals surface area (Å²) in [6.07, 6.45) is 1.54. The van der Waals surface area contributed by atoms with Crippen molar-refractivity contribution in [3.63, 3.8) is 0 Å². The van der Waals surface area contributed by atoms with E-state index in [0.717, 1.165) is 11.3 Å². The Morgan fingerprint density at radius 1 is 1.35 bits per heavy atom. The lowest BCUT2D eigenvalue weighted by Crippen LogP contribution is -2.30. The average molecular weight is 246 g/mol. The molecule has 0 aliphatic carbocycles. The molecule has 3 aliphatic heterocycles. The summed E-state index contributed by atoms with van der Waals surface area (Å²) in [5.74, 6) is 0.209. The molecule has 1 N–H and O–H groups in total. The first kappa shape index (κ1) is 9.30. The Balaban J connectivity index is 2.05. The highest BCUT2D eigenvalue weighted by Crippen LogP contribution is 2.68. The van der Waals surface area contributed by atoms with Gasteiger partial charge in [-0.3, -0.25) is 14.0 Å². The number of carbonyl (C=O) groups is 1. The monoisotopic (exact) mass is 246 g/mol. The second-order valence-electron chi connectivity index (χ2n) is 4.75. The second kappa shape index (κ2) is 2.26. The number of carbonyl (C=O) groups excluding carboxylic acids is 1. The summed E-state index contributed by atoms with van der Waals surface area (Å²) >= 11 is 0. The number of rotatable bonds is 0. The maximum Gasteiger partial charge on any atom is 0.247 e. The first-order valence-electron chi connectivity index (χ1n) is 5.37. The van der Waals surface area contributed by atoms with Gasteiger partial charge in [-0.15, -0.1) is 0 Å². The van der Waals surface area contributed by atoms with E-state index in [1.165, 1.54) is 11.7 Å². The molecule has 1 fully saturated rings. The van der Waals surface area contributed by atoms with Crippen LogP contribution in [0.5, 0.6) is 0 Å². The molecule has 4 rings (SSSR count). The molecule has 3 aliphatic rings. The zero-order valence-electron chi connectivity index (χ0n) is 8.92. The maximum absolute atomic E-state index is 13.1. The van der Waals surface area contributed by atoms with Crippen LogP contribution in [0.1, 0.15) is 5.56 Å². The summed E-state index contributed by atoms with van der Waals surface area (Å²) < 4.78 is 12.2. The molecule has 0 saturated carbocycles. The van der Waals surface area contributed by atoms with Crippen molar-refractivity contribution in [2.45, 2.75) is 4.75 Å². The Bertz CT molecular complexity index is 688. The van der Waals surface area contributed by atoms with Gasteiger partial charge in [0.2, 0.25) is 5.91 Å². The fourth-order valence-corrected chi connectivity index (χ4v) is 7.04. The van der Waals surface area contributed by atoms with Crippen LogP contribution < -0.4 is 5.32 Å². The molecular weight excluding hydrogens is 236 g/mol. The number of anilines is 1. The molecule has 2 spiro atoms. The van der Waals surface area contributed by atoms with Gasteiger partial charge in [0, 0.05) is 28.6 Å². The Morgan fingerprint density at radius 3 is 2.94 bits per heavy atom. The zero-order chi connectivity index (χ0) is 11.8. The van der Waals surface area contributed by atoms with Crippen molar-refractivity contribution in [3.8, 4) is 0 Å². The fraction of sp³-hybridized carbons (Fsp3) is 0.167. The molecule has 0 aromatic heterocycles. The van der Waals surface area contributed by atoms with Crippen LogP contribution in [0.3, 0.4) is 0 Å². The van der Waals surface area contributed by atoms with Gasteiger partial charge in [0.1, 0.15) is 0 Å². The van der Waals surface area contributed by atoms with E-state index in [0.29, 0.717) is 5.75 Å². The smallest absolute Gasteiger partial charge is 0.247 e. The van der Waals surface area contributed by atoms with Gasteiger partial charge in [-0.05, 0) is 15.1 Å². The number of fused-ring (bicyclic) bond motifs is 3. The Labute approximate surface area is 97.8 Å².